The third-order valence-electron chi connectivity index (χ3n) is 4.71. The molecule has 1 aliphatic heterocycles. The molecule has 0 aromatic heterocycles. The SMILES string of the molecule is C=C1N(CCCCS)c2ccc3cc(Br)ccc3c2C1(C)C. The van der Waals surface area contributed by atoms with Gasteiger partial charge in [-0.15, -0.1) is 0 Å². The maximum atomic E-state index is 4.40. The molecule has 116 valence electrons. The van der Waals surface area contributed by atoms with E-state index < -0.39 is 0 Å². The minimum atomic E-state index is -0.0242. The zero-order valence-corrected chi connectivity index (χ0v) is 15.7. The zero-order valence-electron chi connectivity index (χ0n) is 13.2. The van der Waals surface area contributed by atoms with Gasteiger partial charge < -0.3 is 4.90 Å². The maximum absolute atomic E-state index is 4.40. The second-order valence-electron chi connectivity index (χ2n) is 6.48. The molecular weight excluding hydrogens is 354 g/mol. The average Bonchev–Trinajstić information content (AvgIpc) is 2.68. The van der Waals surface area contributed by atoms with E-state index in [4.69, 9.17) is 0 Å². The summed E-state index contributed by atoms with van der Waals surface area (Å²) in [5, 5.41) is 2.62. The van der Waals surface area contributed by atoms with E-state index in [1.54, 1.807) is 0 Å². The lowest BCUT2D eigenvalue weighted by atomic mass is 9.82. The standard InChI is InChI=1S/C19H22BrNS/c1-13-19(2,3)18-16-8-7-15(20)12-14(16)6-9-17(18)21(13)10-4-5-11-22/h6-9,12,22H,1,4-5,10-11H2,2-3H3. The lowest BCUT2D eigenvalue weighted by Crippen LogP contribution is -2.26. The number of allylic oxidation sites excluding steroid dienone is 1. The van der Waals surface area contributed by atoms with Crippen LogP contribution >= 0.6 is 28.6 Å². The van der Waals surface area contributed by atoms with Crippen molar-refractivity contribution in [2.75, 3.05) is 17.2 Å². The molecule has 0 unspecified atom stereocenters. The number of anilines is 1. The molecule has 22 heavy (non-hydrogen) atoms. The lowest BCUT2D eigenvalue weighted by molar-refractivity contribution is 0.631. The topological polar surface area (TPSA) is 3.24 Å². The highest BCUT2D eigenvalue weighted by atomic mass is 79.9. The first-order valence-electron chi connectivity index (χ1n) is 7.77. The maximum Gasteiger partial charge on any atom is 0.0456 e. The number of nitrogens with zero attached hydrogens (tertiary/aromatic N) is 1. The number of unbranched alkanes of at least 4 members (excludes halogenated alkanes) is 1. The highest BCUT2D eigenvalue weighted by Crippen LogP contribution is 2.50. The van der Waals surface area contributed by atoms with Crippen molar-refractivity contribution < 1.29 is 0 Å². The van der Waals surface area contributed by atoms with Crippen LogP contribution in [0.4, 0.5) is 5.69 Å². The van der Waals surface area contributed by atoms with Crippen molar-refractivity contribution >= 4 is 45.0 Å². The second-order valence-corrected chi connectivity index (χ2v) is 7.84. The molecule has 0 fully saturated rings. The highest BCUT2D eigenvalue weighted by molar-refractivity contribution is 9.10. The molecule has 2 aromatic rings. The molecule has 0 amide bonds. The largest absolute Gasteiger partial charge is 0.345 e. The molecule has 0 N–H and O–H groups in total. The first-order valence-corrected chi connectivity index (χ1v) is 9.20. The molecule has 0 bridgehead atoms. The van der Waals surface area contributed by atoms with Crippen LogP contribution < -0.4 is 4.90 Å². The number of thiol groups is 1. The Labute approximate surface area is 146 Å². The summed E-state index contributed by atoms with van der Waals surface area (Å²) in [4.78, 5) is 2.40. The molecule has 0 spiro atoms. The molecule has 0 saturated carbocycles. The molecule has 0 atom stereocenters. The van der Waals surface area contributed by atoms with Crippen molar-refractivity contribution in [2.45, 2.75) is 32.1 Å². The van der Waals surface area contributed by atoms with Crippen molar-refractivity contribution in [3.63, 3.8) is 0 Å². The predicted octanol–water partition coefficient (Wildman–Crippen LogP) is 5.92. The summed E-state index contributed by atoms with van der Waals surface area (Å²) in [6.07, 6.45) is 2.29. The molecule has 0 saturated heterocycles. The average molecular weight is 376 g/mol. The highest BCUT2D eigenvalue weighted by Gasteiger charge is 2.39. The Kier molecular flexibility index (Phi) is 4.30. The third kappa shape index (κ3) is 2.48. The van der Waals surface area contributed by atoms with Crippen molar-refractivity contribution in [3.8, 4) is 0 Å². The summed E-state index contributed by atoms with van der Waals surface area (Å²) in [7, 11) is 0. The van der Waals surface area contributed by atoms with Gasteiger partial charge in [0.15, 0.2) is 0 Å². The molecule has 0 radical (unpaired) electrons. The summed E-state index contributed by atoms with van der Waals surface area (Å²) >= 11 is 7.89. The number of rotatable bonds is 4. The molecule has 3 rings (SSSR count). The van der Waals surface area contributed by atoms with Gasteiger partial charge in [-0.25, -0.2) is 0 Å². The number of benzene rings is 2. The van der Waals surface area contributed by atoms with E-state index in [1.165, 1.54) is 27.7 Å². The van der Waals surface area contributed by atoms with Crippen LogP contribution in [0.15, 0.2) is 47.1 Å². The lowest BCUT2D eigenvalue weighted by Gasteiger charge is -2.26. The van der Waals surface area contributed by atoms with Gasteiger partial charge >= 0.3 is 0 Å². The summed E-state index contributed by atoms with van der Waals surface area (Å²) in [6.45, 7) is 10.0. The number of fused-ring (bicyclic) bond motifs is 3. The smallest absolute Gasteiger partial charge is 0.0456 e. The summed E-state index contributed by atoms with van der Waals surface area (Å²) < 4.78 is 1.13. The van der Waals surface area contributed by atoms with E-state index in [1.807, 2.05) is 0 Å². The van der Waals surface area contributed by atoms with Crippen molar-refractivity contribution in [1.29, 1.82) is 0 Å². The van der Waals surface area contributed by atoms with E-state index in [0.717, 1.165) is 29.6 Å². The first kappa shape index (κ1) is 15.9. The predicted molar refractivity (Wildman–Crippen MR) is 104 cm³/mol. The quantitative estimate of drug-likeness (QED) is 0.512. The van der Waals surface area contributed by atoms with Gasteiger partial charge in [-0.1, -0.05) is 48.5 Å². The Morgan fingerprint density at radius 3 is 2.68 bits per heavy atom. The monoisotopic (exact) mass is 375 g/mol. The number of hydrogen-bond donors (Lipinski definition) is 1. The summed E-state index contributed by atoms with van der Waals surface area (Å²) in [6, 6.07) is 11.0. The Morgan fingerprint density at radius 1 is 1.18 bits per heavy atom. The van der Waals surface area contributed by atoms with E-state index in [-0.39, 0.29) is 5.41 Å². The van der Waals surface area contributed by atoms with Gasteiger partial charge in [0.05, 0.1) is 0 Å². The van der Waals surface area contributed by atoms with E-state index in [9.17, 15) is 0 Å². The van der Waals surface area contributed by atoms with Gasteiger partial charge in [0.25, 0.3) is 0 Å². The van der Waals surface area contributed by atoms with Crippen LogP contribution in [-0.2, 0) is 5.41 Å². The minimum Gasteiger partial charge on any atom is -0.345 e. The van der Waals surface area contributed by atoms with E-state index in [0.29, 0.717) is 0 Å². The molecule has 1 aliphatic rings. The van der Waals surface area contributed by atoms with Gasteiger partial charge in [-0.2, -0.15) is 12.6 Å². The van der Waals surface area contributed by atoms with Crippen LogP contribution in [0.25, 0.3) is 10.8 Å². The van der Waals surface area contributed by atoms with Gasteiger partial charge in [-0.3, -0.25) is 0 Å². The molecule has 3 heteroatoms. The molecule has 2 aromatic carbocycles. The van der Waals surface area contributed by atoms with Gasteiger partial charge in [0.2, 0.25) is 0 Å². The minimum absolute atomic E-state index is 0.0242. The van der Waals surface area contributed by atoms with E-state index in [2.05, 4.69) is 84.2 Å². The number of halogens is 1. The molecule has 0 aliphatic carbocycles. The van der Waals surface area contributed by atoms with Gasteiger partial charge in [-0.05, 0) is 53.1 Å². The van der Waals surface area contributed by atoms with Crippen molar-refractivity contribution in [1.82, 2.24) is 0 Å². The first-order chi connectivity index (χ1) is 10.5. The Balaban J connectivity index is 2.13. The normalized spacial score (nSPS) is 16.4. The molecule has 1 heterocycles. The third-order valence-corrected chi connectivity index (χ3v) is 5.52. The van der Waals surface area contributed by atoms with Crippen LogP contribution in [0.3, 0.4) is 0 Å². The molecule has 1 nitrogen and oxygen atoms in total. The van der Waals surface area contributed by atoms with Crippen molar-refractivity contribution in [2.24, 2.45) is 0 Å². The van der Waals surface area contributed by atoms with E-state index >= 15 is 0 Å². The fraction of sp³-hybridized carbons (Fsp3) is 0.368. The van der Waals surface area contributed by atoms with Gasteiger partial charge in [0.1, 0.15) is 0 Å². The Bertz CT molecular complexity index is 736. The van der Waals surface area contributed by atoms with Crippen LogP contribution in [0.2, 0.25) is 0 Å². The van der Waals surface area contributed by atoms with Crippen LogP contribution in [0.5, 0.6) is 0 Å². The van der Waals surface area contributed by atoms with Crippen LogP contribution in [-0.4, -0.2) is 12.3 Å². The molecular formula is C19H22BrNS. The fourth-order valence-corrected chi connectivity index (χ4v) is 4.04. The van der Waals surface area contributed by atoms with Gasteiger partial charge in [0, 0.05) is 27.8 Å². The Hall–Kier alpha value is -0.930. The Morgan fingerprint density at radius 2 is 1.95 bits per heavy atom. The summed E-state index contributed by atoms with van der Waals surface area (Å²) in [5.41, 5.74) is 3.92. The zero-order chi connectivity index (χ0) is 15.9. The van der Waals surface area contributed by atoms with Crippen LogP contribution in [0, 0.1) is 0 Å². The van der Waals surface area contributed by atoms with Crippen molar-refractivity contribution in [3.05, 3.63) is 52.6 Å². The number of hydrogen-bond acceptors (Lipinski definition) is 2. The second kappa shape index (κ2) is 5.93. The fourth-order valence-electron chi connectivity index (χ4n) is 3.44. The van der Waals surface area contributed by atoms with Crippen LogP contribution in [0.1, 0.15) is 32.3 Å². The summed E-state index contributed by atoms with van der Waals surface area (Å²) in [5.74, 6) is 0.947.